The van der Waals surface area contributed by atoms with Crippen LogP contribution in [0.5, 0.6) is 5.75 Å². The van der Waals surface area contributed by atoms with Gasteiger partial charge in [0.2, 0.25) is 0 Å². The fourth-order valence-electron chi connectivity index (χ4n) is 0.848. The van der Waals surface area contributed by atoms with Crippen molar-refractivity contribution in [1.82, 2.24) is 0 Å². The zero-order valence-electron chi connectivity index (χ0n) is 6.00. The number of allylic oxidation sites excluding steroid dienone is 1. The van der Waals surface area contributed by atoms with Crippen LogP contribution in [-0.4, -0.2) is 5.11 Å². The van der Waals surface area contributed by atoms with Crippen LogP contribution in [0.15, 0.2) is 36.9 Å². The van der Waals surface area contributed by atoms with Crippen molar-refractivity contribution in [3.63, 3.8) is 0 Å². The smallest absolute Gasteiger partial charge is 0.120 e. The molecule has 0 aliphatic carbocycles. The molecule has 0 amide bonds. The van der Waals surface area contributed by atoms with E-state index in [1.54, 1.807) is 12.1 Å². The Hall–Kier alpha value is -0.510. The van der Waals surface area contributed by atoms with E-state index in [1.165, 1.54) is 0 Å². The summed E-state index contributed by atoms with van der Waals surface area (Å²) in [5, 5.41) is 9.36. The summed E-state index contributed by atoms with van der Waals surface area (Å²) in [7, 11) is 0. The normalized spacial score (nSPS) is 12.5. The van der Waals surface area contributed by atoms with Crippen molar-refractivity contribution in [2.75, 3.05) is 0 Å². The fraction of sp³-hybridized carbons (Fsp3) is 0.111. The van der Waals surface area contributed by atoms with Crippen LogP contribution in [0.4, 0.5) is 0 Å². The molecule has 0 saturated heterocycles. The van der Waals surface area contributed by atoms with Gasteiger partial charge in [-0.05, 0) is 6.07 Å². The number of benzene rings is 1. The number of hydrogen-bond donors (Lipinski definition) is 1. The molecular formula is C9H9IO. The lowest BCUT2D eigenvalue weighted by molar-refractivity contribution is 0.470. The molecule has 0 spiro atoms. The Bertz CT molecular complexity index is 257. The molecule has 0 aliphatic rings. The van der Waals surface area contributed by atoms with E-state index < -0.39 is 0 Å². The van der Waals surface area contributed by atoms with Crippen molar-refractivity contribution in [2.45, 2.75) is 3.92 Å². The van der Waals surface area contributed by atoms with E-state index in [0.29, 0.717) is 5.75 Å². The second-order valence-electron chi connectivity index (χ2n) is 2.20. The van der Waals surface area contributed by atoms with Crippen LogP contribution in [-0.2, 0) is 0 Å². The van der Waals surface area contributed by atoms with E-state index in [4.69, 9.17) is 0 Å². The number of para-hydroxylation sites is 1. The highest BCUT2D eigenvalue weighted by Crippen LogP contribution is 2.30. The SMILES string of the molecule is C=CC(I)c1ccccc1O. The van der Waals surface area contributed by atoms with Gasteiger partial charge in [-0.2, -0.15) is 0 Å². The molecule has 0 bridgehead atoms. The summed E-state index contributed by atoms with van der Waals surface area (Å²) in [4.78, 5) is 0. The van der Waals surface area contributed by atoms with Gasteiger partial charge in [0.05, 0.1) is 3.92 Å². The maximum Gasteiger partial charge on any atom is 0.120 e. The maximum atomic E-state index is 9.36. The highest BCUT2D eigenvalue weighted by molar-refractivity contribution is 14.1. The number of alkyl halides is 1. The Morgan fingerprint density at radius 3 is 2.64 bits per heavy atom. The van der Waals surface area contributed by atoms with Gasteiger partial charge in [-0.3, -0.25) is 0 Å². The summed E-state index contributed by atoms with van der Waals surface area (Å²) in [5.41, 5.74) is 0.920. The van der Waals surface area contributed by atoms with Gasteiger partial charge in [-0.15, -0.1) is 6.58 Å². The largest absolute Gasteiger partial charge is 0.508 e. The van der Waals surface area contributed by atoms with Gasteiger partial charge in [-0.25, -0.2) is 0 Å². The number of aromatic hydroxyl groups is 1. The third kappa shape index (κ3) is 1.96. The number of phenols is 1. The highest BCUT2D eigenvalue weighted by atomic mass is 127. The lowest BCUT2D eigenvalue weighted by Crippen LogP contribution is -1.84. The van der Waals surface area contributed by atoms with Crippen molar-refractivity contribution in [2.24, 2.45) is 0 Å². The minimum Gasteiger partial charge on any atom is -0.508 e. The molecule has 1 nitrogen and oxygen atoms in total. The predicted molar refractivity (Wildman–Crippen MR) is 55.1 cm³/mol. The van der Waals surface area contributed by atoms with Crippen molar-refractivity contribution in [3.8, 4) is 5.75 Å². The molecule has 0 aliphatic heterocycles. The maximum absolute atomic E-state index is 9.36. The van der Waals surface area contributed by atoms with E-state index in [9.17, 15) is 5.11 Å². The first kappa shape index (κ1) is 8.59. The summed E-state index contributed by atoms with van der Waals surface area (Å²) in [6.45, 7) is 3.66. The van der Waals surface area contributed by atoms with E-state index in [0.717, 1.165) is 5.56 Å². The Morgan fingerprint density at radius 2 is 2.09 bits per heavy atom. The van der Waals surface area contributed by atoms with E-state index >= 15 is 0 Å². The number of hydrogen-bond acceptors (Lipinski definition) is 1. The average molecular weight is 260 g/mol. The minimum atomic E-state index is 0.189. The minimum absolute atomic E-state index is 0.189. The molecule has 0 saturated carbocycles. The summed E-state index contributed by atoms with van der Waals surface area (Å²) in [5.74, 6) is 0.340. The van der Waals surface area contributed by atoms with Gasteiger partial charge < -0.3 is 5.11 Å². The zero-order valence-corrected chi connectivity index (χ0v) is 8.15. The molecule has 11 heavy (non-hydrogen) atoms. The van der Waals surface area contributed by atoms with E-state index in [-0.39, 0.29) is 3.92 Å². The topological polar surface area (TPSA) is 20.2 Å². The standard InChI is InChI=1S/C9H9IO/c1-2-8(10)7-5-3-4-6-9(7)11/h2-6,8,11H,1H2. The van der Waals surface area contributed by atoms with Gasteiger partial charge in [0, 0.05) is 5.56 Å². The Morgan fingerprint density at radius 1 is 1.45 bits per heavy atom. The summed E-state index contributed by atoms with van der Waals surface area (Å²) < 4.78 is 0.189. The van der Waals surface area contributed by atoms with Crippen LogP contribution < -0.4 is 0 Å². The van der Waals surface area contributed by atoms with E-state index in [2.05, 4.69) is 29.2 Å². The molecule has 1 aromatic carbocycles. The Labute approximate surface area is 79.9 Å². The molecule has 58 valence electrons. The molecule has 1 aromatic rings. The van der Waals surface area contributed by atoms with Gasteiger partial charge >= 0.3 is 0 Å². The second kappa shape index (κ2) is 3.76. The van der Waals surface area contributed by atoms with Crippen molar-refractivity contribution in [3.05, 3.63) is 42.5 Å². The highest BCUT2D eigenvalue weighted by Gasteiger charge is 2.05. The van der Waals surface area contributed by atoms with Crippen LogP contribution in [0.2, 0.25) is 0 Å². The number of rotatable bonds is 2. The number of phenolic OH excluding ortho intramolecular Hbond substituents is 1. The average Bonchev–Trinajstić information content (AvgIpc) is 2.04. The second-order valence-corrected chi connectivity index (χ2v) is 3.54. The van der Waals surface area contributed by atoms with Gasteiger partial charge in [0.25, 0.3) is 0 Å². The summed E-state index contributed by atoms with van der Waals surface area (Å²) in [6.07, 6.45) is 1.80. The number of halogens is 1. The van der Waals surface area contributed by atoms with Crippen molar-refractivity contribution < 1.29 is 5.11 Å². The first-order chi connectivity index (χ1) is 5.25. The van der Waals surface area contributed by atoms with Gasteiger partial charge in [-0.1, -0.05) is 46.9 Å². The van der Waals surface area contributed by atoms with Crippen LogP contribution in [0.25, 0.3) is 0 Å². The first-order valence-electron chi connectivity index (χ1n) is 3.30. The molecule has 1 atom stereocenters. The predicted octanol–water partition coefficient (Wildman–Crippen LogP) is 3.05. The lowest BCUT2D eigenvalue weighted by atomic mass is 10.1. The molecular weight excluding hydrogens is 251 g/mol. The molecule has 0 heterocycles. The molecule has 2 heteroatoms. The van der Waals surface area contributed by atoms with Crippen LogP contribution in [0, 0.1) is 0 Å². The van der Waals surface area contributed by atoms with Crippen LogP contribution in [0.1, 0.15) is 9.49 Å². The quantitative estimate of drug-likeness (QED) is 0.492. The van der Waals surface area contributed by atoms with E-state index in [1.807, 2.05) is 18.2 Å². The van der Waals surface area contributed by atoms with Crippen LogP contribution >= 0.6 is 22.6 Å². The van der Waals surface area contributed by atoms with Crippen LogP contribution in [0.3, 0.4) is 0 Å². The summed E-state index contributed by atoms with van der Waals surface area (Å²) >= 11 is 2.22. The Kier molecular flexibility index (Phi) is 2.93. The summed E-state index contributed by atoms with van der Waals surface area (Å²) in [6, 6.07) is 7.30. The van der Waals surface area contributed by atoms with Gasteiger partial charge in [0.15, 0.2) is 0 Å². The lowest BCUT2D eigenvalue weighted by Gasteiger charge is -2.05. The zero-order chi connectivity index (χ0) is 8.27. The molecule has 0 radical (unpaired) electrons. The molecule has 0 fully saturated rings. The molecule has 0 aromatic heterocycles. The van der Waals surface area contributed by atoms with Crippen molar-refractivity contribution in [1.29, 1.82) is 0 Å². The fourth-order valence-corrected chi connectivity index (χ4v) is 1.37. The van der Waals surface area contributed by atoms with Gasteiger partial charge in [0.1, 0.15) is 5.75 Å². The Balaban J connectivity index is 3.02. The molecule has 1 rings (SSSR count). The third-order valence-corrected chi connectivity index (χ3v) is 2.62. The molecule has 1 unspecified atom stereocenters. The monoisotopic (exact) mass is 260 g/mol. The third-order valence-electron chi connectivity index (χ3n) is 1.44. The molecule has 1 N–H and O–H groups in total. The van der Waals surface area contributed by atoms with Crippen molar-refractivity contribution >= 4 is 22.6 Å². The first-order valence-corrected chi connectivity index (χ1v) is 4.55.